The molecule has 96 heavy (non-hydrogen) atoms. The van der Waals surface area contributed by atoms with E-state index in [1.165, 1.54) is 98.0 Å². The van der Waals surface area contributed by atoms with Gasteiger partial charge in [-0.25, -0.2) is 15.0 Å². The highest BCUT2D eigenvalue weighted by Crippen LogP contribution is 2.43. The van der Waals surface area contributed by atoms with Crippen LogP contribution < -0.4 is 0 Å². The Bertz CT molecular complexity index is 5410. The summed E-state index contributed by atoms with van der Waals surface area (Å²) in [5.74, 6) is 1.79. The molecule has 18 aromatic rings. The Labute approximate surface area is 555 Å². The van der Waals surface area contributed by atoms with Crippen molar-refractivity contribution < 1.29 is 0 Å². The molecule has 0 aliphatic carbocycles. The third-order valence-electron chi connectivity index (χ3n) is 18.3. The highest BCUT2D eigenvalue weighted by molar-refractivity contribution is 6.27. The summed E-state index contributed by atoms with van der Waals surface area (Å²) in [6.45, 7) is 0. The topological polar surface area (TPSA) is 90.2 Å². The Morgan fingerprint density at radius 3 is 1.00 bits per heavy atom. The van der Waals surface area contributed by atoms with E-state index >= 15 is 0 Å². The van der Waals surface area contributed by atoms with Crippen molar-refractivity contribution in [3.8, 4) is 112 Å². The molecule has 7 heteroatoms. The van der Waals surface area contributed by atoms with Gasteiger partial charge in [0.15, 0.2) is 17.5 Å². The Balaban J connectivity index is 0.000000145. The Hall–Kier alpha value is -13.0. The molecule has 0 atom stereocenters. The van der Waals surface area contributed by atoms with Crippen molar-refractivity contribution in [2.45, 2.75) is 0 Å². The number of hydrogen-bond acceptors (Lipinski definition) is 7. The predicted molar refractivity (Wildman–Crippen MR) is 397 cm³/mol. The van der Waals surface area contributed by atoms with E-state index in [0.29, 0.717) is 17.5 Å². The second-order valence-electron chi connectivity index (χ2n) is 24.0. The molecule has 0 radical (unpaired) electrons. The zero-order valence-corrected chi connectivity index (χ0v) is 52.0. The number of benzene rings is 13. The molecule has 13 aromatic carbocycles. The second-order valence-corrected chi connectivity index (χ2v) is 24.0. The third kappa shape index (κ3) is 10.8. The minimum atomic E-state index is 0.591. The van der Waals surface area contributed by atoms with Crippen molar-refractivity contribution in [2.24, 2.45) is 0 Å². The highest BCUT2D eigenvalue weighted by atomic mass is 15.0. The maximum atomic E-state index is 4.99. The van der Waals surface area contributed by atoms with Crippen molar-refractivity contribution in [1.29, 1.82) is 0 Å². The van der Waals surface area contributed by atoms with Crippen molar-refractivity contribution in [1.82, 2.24) is 34.9 Å². The monoisotopic (exact) mass is 1220 g/mol. The van der Waals surface area contributed by atoms with Crippen molar-refractivity contribution in [3.05, 3.63) is 347 Å². The minimum Gasteiger partial charge on any atom is -0.265 e. The van der Waals surface area contributed by atoms with Crippen LogP contribution in [-0.2, 0) is 0 Å². The molecule has 0 aliphatic rings. The van der Waals surface area contributed by atoms with Gasteiger partial charge in [0.2, 0.25) is 0 Å². The van der Waals surface area contributed by atoms with Gasteiger partial charge in [-0.3, -0.25) is 19.9 Å². The van der Waals surface area contributed by atoms with Crippen LogP contribution in [0.4, 0.5) is 0 Å². The Morgan fingerprint density at radius 2 is 0.531 bits per heavy atom. The average molecular weight is 1220 g/mol. The molecule has 0 bridgehead atoms. The van der Waals surface area contributed by atoms with E-state index in [2.05, 4.69) is 275 Å². The maximum absolute atomic E-state index is 4.99. The van der Waals surface area contributed by atoms with Gasteiger partial charge in [0, 0.05) is 71.2 Å². The van der Waals surface area contributed by atoms with E-state index in [1.807, 2.05) is 67.1 Å². The van der Waals surface area contributed by atoms with Crippen LogP contribution in [-0.4, -0.2) is 34.9 Å². The van der Waals surface area contributed by atoms with Crippen molar-refractivity contribution >= 4 is 64.6 Å². The van der Waals surface area contributed by atoms with Gasteiger partial charge in [-0.15, -0.1) is 0 Å². The quantitative estimate of drug-likeness (QED) is 0.126. The van der Waals surface area contributed by atoms with Gasteiger partial charge in [0.1, 0.15) is 0 Å². The normalized spacial score (nSPS) is 11.3. The zero-order valence-electron chi connectivity index (χ0n) is 52.0. The van der Waals surface area contributed by atoms with Gasteiger partial charge in [0.05, 0.1) is 5.69 Å². The number of rotatable bonds is 10. The van der Waals surface area contributed by atoms with Crippen LogP contribution in [0.15, 0.2) is 347 Å². The SMILES string of the molecule is c1cc(-c2ccc3c4ccccc4c4ccccc4c3c2)cc(-c2ccccc2-c2nc(-c3ccncc3)nc(-c3ccncc3)n2)c1.c1ccc(-c2cc(-c3cccnc3)cc(-c3ccccc3-c3cccc(-c4ccc5c6ccccc6c6ccccc6c5c4)c3)c2)nc1. The molecule has 0 spiro atoms. The number of aromatic nitrogens is 7. The lowest BCUT2D eigenvalue weighted by atomic mass is 9.89. The van der Waals surface area contributed by atoms with Crippen LogP contribution in [0.2, 0.25) is 0 Å². The van der Waals surface area contributed by atoms with Crippen LogP contribution in [0.3, 0.4) is 0 Å². The first-order valence-corrected chi connectivity index (χ1v) is 32.2. The van der Waals surface area contributed by atoms with Crippen LogP contribution in [0, 0.1) is 0 Å². The standard InChI is InChI=1S/C46H30N2.C43H27N5/c1-2-15-39(36-26-35(34-13-10-23-47-30-34)27-37(28-36)46-20-7-8-24-48-46)38(14-1)33-12-9-11-31(25-33)32-21-22-44-42-18-4-3-16-40(42)41-17-5-6-19-43(41)45(44)29-32;1-6-15-39(43-47-41(28-18-22-44-23-19-28)46-42(48-43)29-20-24-45-25-21-29)33(10-1)32-9-7-8-30(26-32)31-16-17-38-36-13-3-2-11-34(36)35-12-4-5-14-37(35)40(38)27-31/h1-30H;1-27H. The smallest absolute Gasteiger partial charge is 0.164 e. The number of fused-ring (bicyclic) bond motifs is 12. The molecule has 0 saturated heterocycles. The minimum absolute atomic E-state index is 0.591. The van der Waals surface area contributed by atoms with Crippen LogP contribution >= 0.6 is 0 Å². The summed E-state index contributed by atoms with van der Waals surface area (Å²) in [5, 5.41) is 15.3. The van der Waals surface area contributed by atoms with E-state index in [4.69, 9.17) is 15.0 Å². The molecule has 0 unspecified atom stereocenters. The van der Waals surface area contributed by atoms with Gasteiger partial charge in [-0.05, 0) is 211 Å². The molecule has 448 valence electrons. The summed E-state index contributed by atoms with van der Waals surface area (Å²) in [6, 6.07) is 108. The highest BCUT2D eigenvalue weighted by Gasteiger charge is 2.19. The second kappa shape index (κ2) is 24.9. The van der Waals surface area contributed by atoms with E-state index in [0.717, 1.165) is 61.3 Å². The third-order valence-corrected chi connectivity index (χ3v) is 18.3. The molecule has 0 aliphatic heterocycles. The van der Waals surface area contributed by atoms with Gasteiger partial charge in [-0.2, -0.15) is 0 Å². The maximum Gasteiger partial charge on any atom is 0.164 e. The zero-order chi connectivity index (χ0) is 63.7. The van der Waals surface area contributed by atoms with Gasteiger partial charge >= 0.3 is 0 Å². The first kappa shape index (κ1) is 57.0. The molecule has 5 aromatic heterocycles. The molecule has 18 rings (SSSR count). The van der Waals surface area contributed by atoms with Crippen LogP contribution in [0.25, 0.3) is 177 Å². The number of nitrogens with zero attached hydrogens (tertiary/aromatic N) is 7. The number of pyridine rings is 4. The summed E-state index contributed by atoms with van der Waals surface area (Å²) < 4.78 is 0. The molecule has 0 N–H and O–H groups in total. The molecule has 0 saturated carbocycles. The lowest BCUT2D eigenvalue weighted by Crippen LogP contribution is -2.01. The predicted octanol–water partition coefficient (Wildman–Crippen LogP) is 22.7. The fraction of sp³-hybridized carbons (Fsp3) is 0. The van der Waals surface area contributed by atoms with Crippen molar-refractivity contribution in [3.63, 3.8) is 0 Å². The van der Waals surface area contributed by atoms with E-state index in [1.54, 1.807) is 24.8 Å². The lowest BCUT2D eigenvalue weighted by Gasteiger charge is -2.15. The molecule has 5 heterocycles. The van der Waals surface area contributed by atoms with E-state index in [-0.39, 0.29) is 0 Å². The summed E-state index contributed by atoms with van der Waals surface area (Å²) in [5.41, 5.74) is 18.4. The molecule has 0 amide bonds. The largest absolute Gasteiger partial charge is 0.265 e. The summed E-state index contributed by atoms with van der Waals surface area (Å²) in [7, 11) is 0. The lowest BCUT2D eigenvalue weighted by molar-refractivity contribution is 1.07. The first-order chi connectivity index (χ1) is 47.6. The molecular weight excluding hydrogens is 1170 g/mol. The molecule has 7 nitrogen and oxygen atoms in total. The summed E-state index contributed by atoms with van der Waals surface area (Å²) >= 11 is 0. The van der Waals surface area contributed by atoms with Gasteiger partial charge < -0.3 is 0 Å². The first-order valence-electron chi connectivity index (χ1n) is 32.2. The number of hydrogen-bond donors (Lipinski definition) is 0. The summed E-state index contributed by atoms with van der Waals surface area (Å²) in [6.07, 6.45) is 12.6. The fourth-order valence-corrected chi connectivity index (χ4v) is 13.7. The summed E-state index contributed by atoms with van der Waals surface area (Å²) in [4.78, 5) is 32.3. The van der Waals surface area contributed by atoms with E-state index < -0.39 is 0 Å². The fourth-order valence-electron chi connectivity index (χ4n) is 13.7. The van der Waals surface area contributed by atoms with Gasteiger partial charge in [-0.1, -0.05) is 218 Å². The Kier molecular flexibility index (Phi) is 14.8. The van der Waals surface area contributed by atoms with Crippen LogP contribution in [0.5, 0.6) is 0 Å². The Morgan fingerprint density at radius 1 is 0.167 bits per heavy atom. The van der Waals surface area contributed by atoms with E-state index in [9.17, 15) is 0 Å². The van der Waals surface area contributed by atoms with Crippen molar-refractivity contribution in [2.75, 3.05) is 0 Å². The molecule has 0 fully saturated rings. The average Bonchev–Trinajstić information content (AvgIpc) is 0.753. The van der Waals surface area contributed by atoms with Crippen LogP contribution in [0.1, 0.15) is 0 Å². The van der Waals surface area contributed by atoms with Gasteiger partial charge in [0.25, 0.3) is 0 Å². The molecular formula is C89H57N7.